The Labute approximate surface area is 155 Å². The summed E-state index contributed by atoms with van der Waals surface area (Å²) < 4.78 is 0. The van der Waals surface area contributed by atoms with Gasteiger partial charge in [-0.15, -0.1) is 0 Å². The van der Waals surface area contributed by atoms with Crippen LogP contribution < -0.4 is 5.56 Å². The first kappa shape index (κ1) is 15.5. The van der Waals surface area contributed by atoms with Crippen molar-refractivity contribution in [3.63, 3.8) is 0 Å². The molecule has 128 valence electrons. The van der Waals surface area contributed by atoms with Crippen LogP contribution in [0, 0.1) is 0 Å². The van der Waals surface area contributed by atoms with Crippen molar-refractivity contribution >= 4 is 44.6 Å². The first-order valence-corrected chi connectivity index (χ1v) is 8.87. The van der Waals surface area contributed by atoms with Crippen molar-refractivity contribution in [1.29, 1.82) is 0 Å². The molecule has 0 saturated heterocycles. The second-order valence-corrected chi connectivity index (χ2v) is 6.53. The van der Waals surface area contributed by atoms with E-state index in [0.29, 0.717) is 16.7 Å². The number of nitrogens with zero attached hydrogens (tertiary/aromatic N) is 1. The van der Waals surface area contributed by atoms with Crippen molar-refractivity contribution in [2.45, 2.75) is 0 Å². The molecule has 27 heavy (non-hydrogen) atoms. The minimum atomic E-state index is -0.122. The smallest absolute Gasteiger partial charge is 0.259 e. The number of nitrogens with one attached hydrogen (secondary N) is 1. The number of benzene rings is 4. The van der Waals surface area contributed by atoms with Gasteiger partial charge in [0.15, 0.2) is 0 Å². The van der Waals surface area contributed by atoms with Gasteiger partial charge in [0.1, 0.15) is 5.82 Å². The molecule has 1 heterocycles. The fraction of sp³-hybridized carbons (Fsp3) is 0. The van der Waals surface area contributed by atoms with Crippen LogP contribution in [0.15, 0.2) is 83.7 Å². The van der Waals surface area contributed by atoms with Crippen molar-refractivity contribution in [2.75, 3.05) is 0 Å². The summed E-state index contributed by atoms with van der Waals surface area (Å²) in [6.45, 7) is 0. The third-order valence-electron chi connectivity index (χ3n) is 4.85. The van der Waals surface area contributed by atoms with Gasteiger partial charge in [0, 0.05) is 0 Å². The van der Waals surface area contributed by atoms with Crippen molar-refractivity contribution in [1.82, 2.24) is 9.97 Å². The zero-order valence-corrected chi connectivity index (χ0v) is 14.5. The maximum absolute atomic E-state index is 12.3. The van der Waals surface area contributed by atoms with E-state index in [9.17, 15) is 4.79 Å². The maximum atomic E-state index is 12.3. The summed E-state index contributed by atoms with van der Waals surface area (Å²) in [5.41, 5.74) is 1.70. The molecule has 0 fully saturated rings. The summed E-state index contributed by atoms with van der Waals surface area (Å²) in [5.74, 6) is 0.552. The predicted molar refractivity (Wildman–Crippen MR) is 113 cm³/mol. The van der Waals surface area contributed by atoms with Crippen LogP contribution >= 0.6 is 0 Å². The summed E-state index contributed by atoms with van der Waals surface area (Å²) in [4.78, 5) is 19.7. The van der Waals surface area contributed by atoms with E-state index in [0.717, 1.165) is 5.56 Å². The fourth-order valence-corrected chi connectivity index (χ4v) is 3.57. The van der Waals surface area contributed by atoms with Crippen LogP contribution in [0.4, 0.5) is 0 Å². The molecule has 0 aliphatic rings. The van der Waals surface area contributed by atoms with E-state index < -0.39 is 0 Å². The zero-order chi connectivity index (χ0) is 18.2. The monoisotopic (exact) mass is 348 g/mol. The SMILES string of the molecule is O=c1[nH]c(/C=C/c2c3ccccc3cc3ccccc23)nc2ccccc12. The van der Waals surface area contributed by atoms with E-state index in [2.05, 4.69) is 40.3 Å². The highest BCUT2D eigenvalue weighted by atomic mass is 16.1. The van der Waals surface area contributed by atoms with E-state index in [1.54, 1.807) is 6.07 Å². The molecular weight excluding hydrogens is 332 g/mol. The topological polar surface area (TPSA) is 45.8 Å². The van der Waals surface area contributed by atoms with E-state index in [4.69, 9.17) is 0 Å². The van der Waals surface area contributed by atoms with Crippen LogP contribution in [0.1, 0.15) is 11.4 Å². The molecule has 0 spiro atoms. The quantitative estimate of drug-likeness (QED) is 0.434. The summed E-state index contributed by atoms with van der Waals surface area (Å²) in [6.07, 6.45) is 3.92. The van der Waals surface area contributed by atoms with Gasteiger partial charge in [-0.05, 0) is 51.4 Å². The maximum Gasteiger partial charge on any atom is 0.259 e. The van der Waals surface area contributed by atoms with Gasteiger partial charge in [-0.3, -0.25) is 4.79 Å². The lowest BCUT2D eigenvalue weighted by Gasteiger charge is -2.08. The van der Waals surface area contributed by atoms with Gasteiger partial charge < -0.3 is 4.98 Å². The lowest BCUT2D eigenvalue weighted by molar-refractivity contribution is 1.14. The molecule has 0 saturated carbocycles. The van der Waals surface area contributed by atoms with E-state index in [1.807, 2.05) is 54.6 Å². The lowest BCUT2D eigenvalue weighted by atomic mass is 9.96. The summed E-state index contributed by atoms with van der Waals surface area (Å²) in [6, 6.07) is 26.3. The van der Waals surface area contributed by atoms with E-state index >= 15 is 0 Å². The van der Waals surface area contributed by atoms with Gasteiger partial charge in [-0.2, -0.15) is 0 Å². The first-order chi connectivity index (χ1) is 13.3. The van der Waals surface area contributed by atoms with Gasteiger partial charge in [0.05, 0.1) is 10.9 Å². The number of hydrogen-bond acceptors (Lipinski definition) is 2. The number of hydrogen-bond donors (Lipinski definition) is 1. The molecule has 0 atom stereocenters. The molecule has 0 aliphatic carbocycles. The van der Waals surface area contributed by atoms with Gasteiger partial charge in [-0.1, -0.05) is 66.7 Å². The lowest BCUT2D eigenvalue weighted by Crippen LogP contribution is -2.09. The molecule has 5 rings (SSSR count). The van der Waals surface area contributed by atoms with Gasteiger partial charge in [-0.25, -0.2) is 4.98 Å². The molecule has 0 aliphatic heterocycles. The first-order valence-electron chi connectivity index (χ1n) is 8.87. The van der Waals surface area contributed by atoms with Crippen LogP contribution in [0.3, 0.4) is 0 Å². The number of rotatable bonds is 2. The zero-order valence-electron chi connectivity index (χ0n) is 14.5. The Balaban J connectivity index is 1.73. The van der Waals surface area contributed by atoms with Gasteiger partial charge in [0.2, 0.25) is 0 Å². The highest BCUT2D eigenvalue weighted by Crippen LogP contribution is 2.29. The van der Waals surface area contributed by atoms with Crippen molar-refractivity contribution < 1.29 is 0 Å². The second kappa shape index (κ2) is 6.22. The number of H-pyrrole nitrogens is 1. The largest absolute Gasteiger partial charge is 0.306 e. The van der Waals surface area contributed by atoms with Gasteiger partial charge in [0.25, 0.3) is 5.56 Å². The van der Waals surface area contributed by atoms with Crippen molar-refractivity contribution in [3.8, 4) is 0 Å². The Morgan fingerprint density at radius 1 is 0.704 bits per heavy atom. The van der Waals surface area contributed by atoms with E-state index in [1.165, 1.54) is 21.5 Å². The average molecular weight is 348 g/mol. The number of aromatic amines is 1. The minimum Gasteiger partial charge on any atom is -0.306 e. The molecule has 1 N–H and O–H groups in total. The second-order valence-electron chi connectivity index (χ2n) is 6.53. The van der Waals surface area contributed by atoms with Crippen LogP contribution in [0.25, 0.3) is 44.6 Å². The summed E-state index contributed by atoms with van der Waals surface area (Å²) in [5, 5.41) is 5.34. The Kier molecular flexibility index (Phi) is 3.58. The third kappa shape index (κ3) is 2.70. The Morgan fingerprint density at radius 3 is 2.00 bits per heavy atom. The Morgan fingerprint density at radius 2 is 1.30 bits per heavy atom. The molecule has 0 amide bonds. The van der Waals surface area contributed by atoms with Crippen LogP contribution in [-0.2, 0) is 0 Å². The fourth-order valence-electron chi connectivity index (χ4n) is 3.57. The number of fused-ring (bicyclic) bond motifs is 3. The summed E-state index contributed by atoms with van der Waals surface area (Å²) in [7, 11) is 0. The molecule has 5 aromatic rings. The molecule has 0 radical (unpaired) electrons. The normalized spacial score (nSPS) is 11.7. The van der Waals surface area contributed by atoms with Crippen LogP contribution in [0.2, 0.25) is 0 Å². The molecule has 3 nitrogen and oxygen atoms in total. The highest BCUT2D eigenvalue weighted by Gasteiger charge is 2.05. The highest BCUT2D eigenvalue weighted by molar-refractivity contribution is 6.07. The Bertz CT molecular complexity index is 1340. The van der Waals surface area contributed by atoms with Crippen LogP contribution in [0.5, 0.6) is 0 Å². The number of para-hydroxylation sites is 1. The minimum absolute atomic E-state index is 0.122. The molecule has 1 aromatic heterocycles. The van der Waals surface area contributed by atoms with Crippen molar-refractivity contribution in [3.05, 3.63) is 101 Å². The standard InChI is InChI=1S/C24H16N2O/c27-24-21-11-5-6-12-22(21)25-23(26-24)14-13-20-18-9-3-1-7-16(18)15-17-8-2-4-10-19(17)20/h1-15H,(H,25,26,27)/b14-13+. The van der Waals surface area contributed by atoms with Gasteiger partial charge >= 0.3 is 0 Å². The van der Waals surface area contributed by atoms with E-state index in [-0.39, 0.29) is 5.56 Å². The summed E-state index contributed by atoms with van der Waals surface area (Å²) >= 11 is 0. The third-order valence-corrected chi connectivity index (χ3v) is 4.85. The van der Waals surface area contributed by atoms with Crippen molar-refractivity contribution in [2.24, 2.45) is 0 Å². The molecule has 3 heteroatoms. The Hall–Kier alpha value is -3.72. The molecular formula is C24H16N2O. The number of aromatic nitrogens is 2. The molecule has 0 unspecified atom stereocenters. The van der Waals surface area contributed by atoms with Crippen LogP contribution in [-0.4, -0.2) is 9.97 Å². The average Bonchev–Trinajstić information content (AvgIpc) is 2.71. The molecule has 4 aromatic carbocycles. The molecule has 0 bridgehead atoms. The predicted octanol–water partition coefficient (Wildman–Crippen LogP) is 5.40.